The average molecular weight is 309 g/mol. The van der Waals surface area contributed by atoms with Crippen LogP contribution in [0.25, 0.3) is 0 Å². The minimum Gasteiger partial charge on any atom is -0.383 e. The third-order valence-corrected chi connectivity index (χ3v) is 2.59. The molecule has 1 rings (SSSR count). The number of methoxy groups -OCH3 is 2. The summed E-state index contributed by atoms with van der Waals surface area (Å²) in [5, 5.41) is 0. The molecule has 0 aromatic carbocycles. The summed E-state index contributed by atoms with van der Waals surface area (Å²) < 4.78 is 48.4. The van der Waals surface area contributed by atoms with E-state index in [0.29, 0.717) is 26.3 Å². The van der Waals surface area contributed by atoms with Crippen molar-refractivity contribution >= 4 is 11.8 Å². The lowest BCUT2D eigenvalue weighted by Crippen LogP contribution is -2.32. The van der Waals surface area contributed by atoms with Gasteiger partial charge in [-0.2, -0.15) is 18.2 Å². The summed E-state index contributed by atoms with van der Waals surface area (Å²) in [7, 11) is 3.00. The number of nitrogens with two attached hydrogens (primary N) is 1. The maximum absolute atomic E-state index is 12.8. The molecule has 3 N–H and O–H groups in total. The second kappa shape index (κ2) is 7.96. The molecule has 0 saturated carbocycles. The zero-order valence-corrected chi connectivity index (χ0v) is 11.8. The highest BCUT2D eigenvalue weighted by atomic mass is 19.4. The zero-order chi connectivity index (χ0) is 15.9. The highest BCUT2D eigenvalue weighted by Gasteiger charge is 2.34. The summed E-state index contributed by atoms with van der Waals surface area (Å²) in [6, 6.07) is 0.867. The van der Waals surface area contributed by atoms with Crippen LogP contribution in [0.3, 0.4) is 0 Å². The van der Waals surface area contributed by atoms with Gasteiger partial charge in [0.15, 0.2) is 5.69 Å². The van der Waals surface area contributed by atoms with E-state index >= 15 is 0 Å². The van der Waals surface area contributed by atoms with Gasteiger partial charge in [-0.3, -0.25) is 5.43 Å². The van der Waals surface area contributed by atoms with Gasteiger partial charge in [0, 0.05) is 33.4 Å². The van der Waals surface area contributed by atoms with E-state index in [-0.39, 0.29) is 11.8 Å². The van der Waals surface area contributed by atoms with Crippen LogP contribution >= 0.6 is 0 Å². The van der Waals surface area contributed by atoms with Gasteiger partial charge >= 0.3 is 6.18 Å². The van der Waals surface area contributed by atoms with Crippen LogP contribution in [0.5, 0.6) is 0 Å². The van der Waals surface area contributed by atoms with E-state index in [1.165, 1.54) is 14.2 Å². The van der Waals surface area contributed by atoms with E-state index in [1.807, 2.05) is 5.43 Å². The number of aromatic nitrogens is 2. The van der Waals surface area contributed by atoms with E-state index in [1.54, 1.807) is 4.90 Å². The maximum atomic E-state index is 12.8. The molecule has 0 bridgehead atoms. The first-order valence-electron chi connectivity index (χ1n) is 6.08. The fourth-order valence-corrected chi connectivity index (χ4v) is 1.55. The number of hydrogen-bond acceptors (Lipinski definition) is 7. The summed E-state index contributed by atoms with van der Waals surface area (Å²) >= 11 is 0. The number of hydrogen-bond donors (Lipinski definition) is 2. The Morgan fingerprint density at radius 3 is 2.19 bits per heavy atom. The van der Waals surface area contributed by atoms with Crippen LogP contribution < -0.4 is 16.2 Å². The van der Waals surface area contributed by atoms with Gasteiger partial charge in [0.05, 0.1) is 13.2 Å². The van der Waals surface area contributed by atoms with E-state index in [0.717, 1.165) is 6.07 Å². The van der Waals surface area contributed by atoms with Crippen molar-refractivity contribution in [3.05, 3.63) is 11.8 Å². The molecule has 1 aromatic rings. The number of anilines is 2. The molecule has 0 saturated heterocycles. The summed E-state index contributed by atoms with van der Waals surface area (Å²) in [5.41, 5.74) is 0.966. The molecular weight excluding hydrogens is 291 g/mol. The highest BCUT2D eigenvalue weighted by Crippen LogP contribution is 2.30. The van der Waals surface area contributed by atoms with Gasteiger partial charge in [0.2, 0.25) is 5.95 Å². The van der Waals surface area contributed by atoms with Gasteiger partial charge in [0.1, 0.15) is 5.82 Å². The van der Waals surface area contributed by atoms with E-state index in [9.17, 15) is 13.2 Å². The highest BCUT2D eigenvalue weighted by molar-refractivity contribution is 5.45. The minimum absolute atomic E-state index is 0.0966. The summed E-state index contributed by atoms with van der Waals surface area (Å²) in [4.78, 5) is 8.85. The molecule has 7 nitrogen and oxygen atoms in total. The standard InChI is InChI=1S/C11H18F3N5O2/c1-20-5-3-19(4-6-21-2)9-7-8(11(12,13)14)16-10(17-9)18-15/h7H,3-6,15H2,1-2H3,(H,16,17,18). The molecule has 21 heavy (non-hydrogen) atoms. The normalized spacial score (nSPS) is 11.5. The van der Waals surface area contributed by atoms with Crippen LogP contribution in [0.15, 0.2) is 6.07 Å². The van der Waals surface area contributed by atoms with Crippen molar-refractivity contribution in [3.63, 3.8) is 0 Å². The lowest BCUT2D eigenvalue weighted by molar-refractivity contribution is -0.141. The van der Waals surface area contributed by atoms with Crippen molar-refractivity contribution in [1.29, 1.82) is 0 Å². The Hall–Kier alpha value is -1.65. The quantitative estimate of drug-likeness (QED) is 0.544. The lowest BCUT2D eigenvalue weighted by atomic mass is 10.3. The van der Waals surface area contributed by atoms with Crippen molar-refractivity contribution in [2.45, 2.75) is 6.18 Å². The van der Waals surface area contributed by atoms with E-state index in [2.05, 4.69) is 9.97 Å². The second-order valence-electron chi connectivity index (χ2n) is 4.05. The number of nitrogen functional groups attached to an aromatic ring is 1. The number of nitrogens with one attached hydrogen (secondary N) is 1. The van der Waals surface area contributed by atoms with Crippen LogP contribution in [-0.4, -0.2) is 50.5 Å². The van der Waals surface area contributed by atoms with Gasteiger partial charge < -0.3 is 14.4 Å². The fourth-order valence-electron chi connectivity index (χ4n) is 1.55. The molecule has 10 heteroatoms. The number of alkyl halides is 3. The first kappa shape index (κ1) is 17.4. The number of nitrogens with zero attached hydrogens (tertiary/aromatic N) is 3. The Morgan fingerprint density at radius 1 is 1.19 bits per heavy atom. The molecule has 0 atom stereocenters. The lowest BCUT2D eigenvalue weighted by Gasteiger charge is -2.24. The van der Waals surface area contributed by atoms with Crippen LogP contribution in [0.4, 0.5) is 24.9 Å². The smallest absolute Gasteiger partial charge is 0.383 e. The Morgan fingerprint density at radius 2 is 1.76 bits per heavy atom. The predicted octanol–water partition coefficient (Wildman–Crippen LogP) is 0.880. The largest absolute Gasteiger partial charge is 0.433 e. The fraction of sp³-hybridized carbons (Fsp3) is 0.636. The molecule has 1 aromatic heterocycles. The number of halogens is 3. The SMILES string of the molecule is COCCN(CCOC)c1cc(C(F)(F)F)nc(NN)n1. The van der Waals surface area contributed by atoms with Gasteiger partial charge in [-0.1, -0.05) is 0 Å². The first-order chi connectivity index (χ1) is 9.92. The van der Waals surface area contributed by atoms with E-state index in [4.69, 9.17) is 15.3 Å². The monoisotopic (exact) mass is 309 g/mol. The van der Waals surface area contributed by atoms with Crippen LogP contribution in [0.2, 0.25) is 0 Å². The minimum atomic E-state index is -4.59. The molecule has 0 fully saturated rings. The van der Waals surface area contributed by atoms with Crippen molar-refractivity contribution in [3.8, 4) is 0 Å². The number of hydrazine groups is 1. The molecular formula is C11H18F3N5O2. The van der Waals surface area contributed by atoms with Crippen LogP contribution in [0.1, 0.15) is 5.69 Å². The number of rotatable bonds is 8. The van der Waals surface area contributed by atoms with Crippen molar-refractivity contribution in [2.75, 3.05) is 50.8 Å². The molecule has 0 spiro atoms. The second-order valence-corrected chi connectivity index (χ2v) is 4.05. The predicted molar refractivity (Wildman–Crippen MR) is 70.8 cm³/mol. The molecule has 120 valence electrons. The first-order valence-corrected chi connectivity index (χ1v) is 6.08. The molecule has 0 unspecified atom stereocenters. The van der Waals surface area contributed by atoms with Crippen molar-refractivity contribution in [1.82, 2.24) is 9.97 Å². The molecule has 0 aliphatic rings. The molecule has 0 amide bonds. The Bertz CT molecular complexity index is 436. The zero-order valence-electron chi connectivity index (χ0n) is 11.8. The van der Waals surface area contributed by atoms with Crippen molar-refractivity contribution < 1.29 is 22.6 Å². The van der Waals surface area contributed by atoms with Gasteiger partial charge in [-0.05, 0) is 0 Å². The molecule has 0 radical (unpaired) electrons. The Balaban J connectivity index is 3.09. The topological polar surface area (TPSA) is 85.5 Å². The van der Waals surface area contributed by atoms with Crippen molar-refractivity contribution in [2.24, 2.45) is 5.84 Å². The van der Waals surface area contributed by atoms with Gasteiger partial charge in [0.25, 0.3) is 0 Å². The number of ether oxygens (including phenoxy) is 2. The maximum Gasteiger partial charge on any atom is 0.433 e. The summed E-state index contributed by atoms with van der Waals surface area (Å²) in [5.74, 6) is 4.91. The molecule has 0 aliphatic carbocycles. The third-order valence-electron chi connectivity index (χ3n) is 2.59. The molecule has 1 heterocycles. The Kier molecular flexibility index (Phi) is 6.59. The van der Waals surface area contributed by atoms with Crippen LogP contribution in [-0.2, 0) is 15.7 Å². The van der Waals surface area contributed by atoms with Gasteiger partial charge in [-0.15, -0.1) is 0 Å². The summed E-state index contributed by atoms with van der Waals surface area (Å²) in [6.07, 6.45) is -4.59. The van der Waals surface area contributed by atoms with Crippen LogP contribution in [0, 0.1) is 0 Å². The van der Waals surface area contributed by atoms with E-state index < -0.39 is 11.9 Å². The van der Waals surface area contributed by atoms with Gasteiger partial charge in [-0.25, -0.2) is 10.8 Å². The summed E-state index contributed by atoms with van der Waals surface area (Å²) in [6.45, 7) is 1.39. The Labute approximate surface area is 120 Å². The average Bonchev–Trinajstić information content (AvgIpc) is 2.46. The molecule has 0 aliphatic heterocycles. The third kappa shape index (κ3) is 5.33.